The van der Waals surface area contributed by atoms with Crippen LogP contribution in [-0.2, 0) is 39.3 Å². The van der Waals surface area contributed by atoms with Crippen molar-refractivity contribution in [3.63, 3.8) is 0 Å². The number of rotatable bonds is 0. The predicted molar refractivity (Wildman–Crippen MR) is 182 cm³/mol. The Bertz CT molecular complexity index is 1130. The van der Waals surface area contributed by atoms with Crippen LogP contribution in [0.15, 0.2) is 72.8 Å². The van der Waals surface area contributed by atoms with Crippen molar-refractivity contribution >= 4 is 0 Å². The van der Waals surface area contributed by atoms with Gasteiger partial charge in [0.15, 0.2) is 0 Å². The van der Waals surface area contributed by atoms with Crippen molar-refractivity contribution in [2.45, 2.75) is 39.3 Å². The van der Waals surface area contributed by atoms with Gasteiger partial charge in [-0.3, -0.25) is 14.7 Å². The molecule has 0 aromatic heterocycles. The molecule has 8 aliphatic heterocycles. The summed E-state index contributed by atoms with van der Waals surface area (Å²) in [5, 5.41) is 18.4. The van der Waals surface area contributed by atoms with Gasteiger partial charge in [0.1, 0.15) is 0 Å². The largest absolute Gasteiger partial charge is 0.311 e. The van der Waals surface area contributed by atoms with Gasteiger partial charge in [0, 0.05) is 105 Å². The molecule has 11 rings (SSSR count). The van der Waals surface area contributed by atoms with Gasteiger partial charge in [0.05, 0.1) is 6.67 Å². The van der Waals surface area contributed by atoms with Gasteiger partial charge in [-0.05, 0) is 40.4 Å². The second-order valence-corrected chi connectivity index (χ2v) is 12.4. The first kappa shape index (κ1) is 32.7. The molecule has 0 spiro atoms. The molecule has 0 amide bonds. The van der Waals surface area contributed by atoms with Crippen LogP contribution >= 0.6 is 0 Å². The highest BCUT2D eigenvalue weighted by atomic mass is 15.3. The molecule has 0 radical (unpaired) electrons. The molecular formula is C36H54N8. The highest BCUT2D eigenvalue weighted by Gasteiger charge is 2.10. The number of nitrogens with zero attached hydrogens (tertiary/aromatic N) is 3. The lowest BCUT2D eigenvalue weighted by Crippen LogP contribution is -2.42. The fourth-order valence-corrected chi connectivity index (χ4v) is 5.95. The van der Waals surface area contributed by atoms with E-state index in [1.807, 2.05) is 0 Å². The number of benzene rings is 3. The third-order valence-corrected chi connectivity index (χ3v) is 8.63. The molecule has 8 heterocycles. The van der Waals surface area contributed by atoms with Crippen molar-refractivity contribution in [2.24, 2.45) is 0 Å². The first-order chi connectivity index (χ1) is 21.7. The maximum absolute atomic E-state index is 3.69. The Morgan fingerprint density at radius 2 is 0.659 bits per heavy atom. The van der Waals surface area contributed by atoms with Crippen LogP contribution in [0.5, 0.6) is 0 Å². The molecule has 8 nitrogen and oxygen atoms in total. The fourth-order valence-electron chi connectivity index (χ4n) is 5.95. The molecule has 3 aromatic carbocycles. The summed E-state index contributed by atoms with van der Waals surface area (Å²) in [7, 11) is 2.24. The third kappa shape index (κ3) is 11.7. The highest BCUT2D eigenvalue weighted by molar-refractivity contribution is 5.24. The van der Waals surface area contributed by atoms with Crippen molar-refractivity contribution in [3.8, 4) is 0 Å². The molecule has 238 valence electrons. The molecule has 0 saturated heterocycles. The van der Waals surface area contributed by atoms with Gasteiger partial charge in [0.2, 0.25) is 0 Å². The summed E-state index contributed by atoms with van der Waals surface area (Å²) in [4.78, 5) is 7.57. The number of hydrogen-bond acceptors (Lipinski definition) is 8. The molecule has 0 unspecified atom stereocenters. The molecule has 0 aliphatic carbocycles. The minimum Gasteiger partial charge on any atom is -0.311 e. The van der Waals surface area contributed by atoms with Crippen LogP contribution < -0.4 is 26.6 Å². The minimum atomic E-state index is 0.898. The van der Waals surface area contributed by atoms with Crippen molar-refractivity contribution in [3.05, 3.63) is 106 Å². The summed E-state index contributed by atoms with van der Waals surface area (Å²) in [6, 6.07) is 27.3. The van der Waals surface area contributed by atoms with E-state index in [0.717, 1.165) is 111 Å². The second kappa shape index (κ2) is 18.3. The molecular weight excluding hydrogens is 544 g/mol. The van der Waals surface area contributed by atoms with Crippen molar-refractivity contribution in [2.75, 3.05) is 79.2 Å². The van der Waals surface area contributed by atoms with Crippen LogP contribution in [0.4, 0.5) is 0 Å². The average molecular weight is 599 g/mol. The first-order valence-corrected chi connectivity index (χ1v) is 16.6. The number of nitrogens with one attached hydrogen (secondary N) is 5. The van der Waals surface area contributed by atoms with Crippen LogP contribution in [0, 0.1) is 0 Å². The van der Waals surface area contributed by atoms with Crippen LogP contribution in [0.2, 0.25) is 0 Å². The molecule has 0 atom stereocenters. The fraction of sp³-hybridized carbons (Fsp3) is 0.500. The van der Waals surface area contributed by atoms with E-state index in [-0.39, 0.29) is 0 Å². The zero-order valence-electron chi connectivity index (χ0n) is 26.8. The van der Waals surface area contributed by atoms with Crippen molar-refractivity contribution < 1.29 is 0 Å². The van der Waals surface area contributed by atoms with E-state index >= 15 is 0 Å². The lowest BCUT2D eigenvalue weighted by Gasteiger charge is -2.28. The normalized spacial score (nSPS) is 22.8. The maximum Gasteiger partial charge on any atom is 0.0507 e. The average Bonchev–Trinajstić information content (AvgIpc) is 3.04. The molecule has 5 N–H and O–H groups in total. The zero-order valence-corrected chi connectivity index (χ0v) is 26.8. The van der Waals surface area contributed by atoms with E-state index in [0.29, 0.717) is 0 Å². The molecule has 8 aliphatic rings. The summed E-state index contributed by atoms with van der Waals surface area (Å²) in [5.41, 5.74) is 8.07. The van der Waals surface area contributed by atoms with Gasteiger partial charge in [-0.15, -0.1) is 0 Å². The highest BCUT2D eigenvalue weighted by Crippen LogP contribution is 2.09. The molecule has 8 bridgehead atoms. The zero-order chi connectivity index (χ0) is 30.2. The van der Waals surface area contributed by atoms with Gasteiger partial charge in [0.25, 0.3) is 0 Å². The smallest absolute Gasteiger partial charge is 0.0507 e. The van der Waals surface area contributed by atoms with Gasteiger partial charge >= 0.3 is 0 Å². The SMILES string of the molecule is CN1Cc2ccc(cc2)CNCCN2CCNCc3ccc(cc3)CNCCN(CCNCc3ccc(cc3)CNCC2)C1. The Morgan fingerprint density at radius 3 is 0.977 bits per heavy atom. The van der Waals surface area contributed by atoms with Gasteiger partial charge < -0.3 is 26.6 Å². The predicted octanol–water partition coefficient (Wildman–Crippen LogP) is 2.56. The van der Waals surface area contributed by atoms with E-state index in [9.17, 15) is 0 Å². The Kier molecular flexibility index (Phi) is 13.6. The monoisotopic (exact) mass is 598 g/mol. The summed E-state index contributed by atoms with van der Waals surface area (Å²) in [6.45, 7) is 16.4. The molecule has 44 heavy (non-hydrogen) atoms. The Morgan fingerprint density at radius 1 is 0.386 bits per heavy atom. The van der Waals surface area contributed by atoms with Crippen molar-refractivity contribution in [1.29, 1.82) is 0 Å². The topological polar surface area (TPSA) is 69.9 Å². The minimum absolute atomic E-state index is 0.898. The summed E-state index contributed by atoms with van der Waals surface area (Å²) in [6.07, 6.45) is 0. The van der Waals surface area contributed by atoms with Crippen LogP contribution in [0.3, 0.4) is 0 Å². The van der Waals surface area contributed by atoms with Crippen molar-refractivity contribution in [1.82, 2.24) is 41.3 Å². The molecule has 0 saturated carbocycles. The standard InChI is InChI=1S/C36H54N8/c1-42-29-36-12-10-35(11-13-36)28-39-16-21-43-19-14-37-24-31-2-6-33(7-3-31)26-40-17-22-44(30-42)23-18-41-27-34-8-4-32(5-9-34)25-38-15-20-43/h2-13,37-41H,14-30H2,1H3. The summed E-state index contributed by atoms with van der Waals surface area (Å²) >= 11 is 0. The van der Waals surface area contributed by atoms with E-state index in [1.54, 1.807) is 0 Å². The molecule has 8 heteroatoms. The van der Waals surface area contributed by atoms with E-state index < -0.39 is 0 Å². The Balaban J connectivity index is 1.31. The van der Waals surface area contributed by atoms with Crippen LogP contribution in [-0.4, -0.2) is 93.9 Å². The summed E-state index contributed by atoms with van der Waals surface area (Å²) < 4.78 is 0. The van der Waals surface area contributed by atoms with Gasteiger partial charge in [-0.25, -0.2) is 0 Å². The van der Waals surface area contributed by atoms with Gasteiger partial charge in [-0.2, -0.15) is 0 Å². The van der Waals surface area contributed by atoms with Crippen LogP contribution in [0.25, 0.3) is 0 Å². The van der Waals surface area contributed by atoms with Gasteiger partial charge in [-0.1, -0.05) is 72.8 Å². The third-order valence-electron chi connectivity index (χ3n) is 8.63. The first-order valence-electron chi connectivity index (χ1n) is 16.6. The van der Waals surface area contributed by atoms with E-state index in [1.165, 1.54) is 33.4 Å². The Hall–Kier alpha value is -2.66. The number of hydrogen-bond donors (Lipinski definition) is 5. The van der Waals surface area contributed by atoms with E-state index in [4.69, 9.17) is 0 Å². The quantitative estimate of drug-likeness (QED) is 0.271. The lowest BCUT2D eigenvalue weighted by atomic mass is 10.1. The maximum atomic E-state index is 3.69. The van der Waals surface area contributed by atoms with Crippen LogP contribution in [0.1, 0.15) is 33.4 Å². The Labute approximate surface area is 265 Å². The molecule has 3 aromatic rings. The molecule has 0 fully saturated rings. The lowest BCUT2D eigenvalue weighted by molar-refractivity contribution is 0.150. The van der Waals surface area contributed by atoms with E-state index in [2.05, 4.69) is 121 Å². The summed E-state index contributed by atoms with van der Waals surface area (Å²) in [5.74, 6) is 0. The second-order valence-electron chi connectivity index (χ2n) is 12.4.